The fourth-order valence-electron chi connectivity index (χ4n) is 4.08. The summed E-state index contributed by atoms with van der Waals surface area (Å²) < 4.78 is 5.18. The van der Waals surface area contributed by atoms with E-state index in [9.17, 15) is 9.59 Å². The molecule has 4 aromatic rings. The Bertz CT molecular complexity index is 1390. The first-order valence-electron chi connectivity index (χ1n) is 12.2. The highest BCUT2D eigenvalue weighted by Crippen LogP contribution is 2.27. The Morgan fingerprint density at radius 2 is 1.55 bits per heavy atom. The summed E-state index contributed by atoms with van der Waals surface area (Å²) >= 11 is 12.4. The predicted octanol–water partition coefficient (Wildman–Crippen LogP) is 6.75. The van der Waals surface area contributed by atoms with Crippen molar-refractivity contribution in [2.75, 3.05) is 18.6 Å². The summed E-state index contributed by atoms with van der Waals surface area (Å²) in [5, 5.41) is 3.72. The largest absolute Gasteiger partial charge is 0.497 e. The molecule has 0 aliphatic heterocycles. The van der Waals surface area contributed by atoms with Crippen molar-refractivity contribution in [3.05, 3.63) is 129 Å². The highest BCUT2D eigenvalue weighted by Gasteiger charge is 2.21. The first kappa shape index (κ1) is 27.2. The van der Waals surface area contributed by atoms with Crippen LogP contribution in [0.4, 0.5) is 5.69 Å². The molecule has 0 atom stereocenters. The maximum Gasteiger partial charge on any atom is 0.260 e. The maximum absolute atomic E-state index is 13.6. The van der Waals surface area contributed by atoms with E-state index >= 15 is 0 Å². The number of nitrogens with zero attached hydrogens (tertiary/aromatic N) is 1. The van der Waals surface area contributed by atoms with E-state index in [-0.39, 0.29) is 23.3 Å². The molecule has 0 bridgehead atoms. The molecule has 0 fully saturated rings. The molecule has 7 heteroatoms. The van der Waals surface area contributed by atoms with Crippen molar-refractivity contribution in [3.8, 4) is 5.75 Å². The minimum Gasteiger partial charge on any atom is -0.497 e. The zero-order valence-electron chi connectivity index (χ0n) is 21.0. The van der Waals surface area contributed by atoms with Crippen LogP contribution in [0.2, 0.25) is 10.0 Å². The van der Waals surface area contributed by atoms with Crippen LogP contribution >= 0.6 is 23.2 Å². The molecule has 194 valence electrons. The molecule has 0 saturated carbocycles. The third-order valence-corrected chi connectivity index (χ3v) is 6.62. The number of methoxy groups -OCH3 is 1. The topological polar surface area (TPSA) is 58.6 Å². The SMILES string of the molecule is COc1ccc(CCNC(=O)Cc2cccc(N(Cc3ccccc3)C(=O)c3ccc(Cl)cc3Cl)c2)cc1. The molecule has 1 N–H and O–H groups in total. The van der Waals surface area contributed by atoms with Crippen molar-refractivity contribution in [1.29, 1.82) is 0 Å². The van der Waals surface area contributed by atoms with E-state index in [1.165, 1.54) is 0 Å². The lowest BCUT2D eigenvalue weighted by molar-refractivity contribution is -0.120. The monoisotopic (exact) mass is 546 g/mol. The van der Waals surface area contributed by atoms with Gasteiger partial charge in [0.2, 0.25) is 5.91 Å². The van der Waals surface area contributed by atoms with Crippen molar-refractivity contribution in [2.45, 2.75) is 19.4 Å². The molecule has 4 aromatic carbocycles. The minimum atomic E-state index is -0.253. The van der Waals surface area contributed by atoms with E-state index < -0.39 is 0 Å². The van der Waals surface area contributed by atoms with Crippen LogP contribution in [-0.4, -0.2) is 25.5 Å². The summed E-state index contributed by atoms with van der Waals surface area (Å²) in [5.74, 6) is 0.463. The fraction of sp³-hybridized carbons (Fsp3) is 0.161. The highest BCUT2D eigenvalue weighted by atomic mass is 35.5. The molecule has 5 nitrogen and oxygen atoms in total. The molecule has 0 heterocycles. The number of anilines is 1. The van der Waals surface area contributed by atoms with E-state index in [0.29, 0.717) is 29.4 Å². The number of carbonyl (C=O) groups is 2. The summed E-state index contributed by atoms with van der Waals surface area (Å²) in [7, 11) is 1.63. The van der Waals surface area contributed by atoms with E-state index in [4.69, 9.17) is 27.9 Å². The summed E-state index contributed by atoms with van der Waals surface area (Å²) in [5.41, 5.74) is 3.91. The zero-order valence-corrected chi connectivity index (χ0v) is 22.5. The fourth-order valence-corrected chi connectivity index (χ4v) is 4.56. The number of amides is 2. The van der Waals surface area contributed by atoms with Gasteiger partial charge in [-0.2, -0.15) is 0 Å². The summed E-state index contributed by atoms with van der Waals surface area (Å²) in [6.45, 7) is 0.870. The number of benzene rings is 4. The van der Waals surface area contributed by atoms with E-state index in [1.807, 2.05) is 78.9 Å². The van der Waals surface area contributed by atoms with Crippen molar-refractivity contribution in [3.63, 3.8) is 0 Å². The second kappa shape index (κ2) is 13.1. The lowest BCUT2D eigenvalue weighted by atomic mass is 10.1. The van der Waals surface area contributed by atoms with Gasteiger partial charge in [-0.25, -0.2) is 0 Å². The van der Waals surface area contributed by atoms with Crippen LogP contribution in [0.5, 0.6) is 5.75 Å². The first-order chi connectivity index (χ1) is 18.4. The number of rotatable bonds is 10. The maximum atomic E-state index is 13.6. The minimum absolute atomic E-state index is 0.0858. The number of hydrogen-bond acceptors (Lipinski definition) is 3. The van der Waals surface area contributed by atoms with Crippen LogP contribution < -0.4 is 15.0 Å². The Labute approximate surface area is 233 Å². The number of carbonyl (C=O) groups excluding carboxylic acids is 2. The van der Waals surface area contributed by atoms with Gasteiger partial charge >= 0.3 is 0 Å². The molecular weight excluding hydrogens is 519 g/mol. The van der Waals surface area contributed by atoms with Gasteiger partial charge in [0.1, 0.15) is 5.75 Å². The van der Waals surface area contributed by atoms with Gasteiger partial charge in [0.25, 0.3) is 5.91 Å². The molecule has 0 aliphatic carbocycles. The number of ether oxygens (including phenoxy) is 1. The third kappa shape index (κ3) is 7.37. The van der Waals surface area contributed by atoms with Gasteiger partial charge < -0.3 is 15.0 Å². The Hall–Kier alpha value is -3.80. The molecule has 4 rings (SSSR count). The van der Waals surface area contributed by atoms with Gasteiger partial charge in [-0.15, -0.1) is 0 Å². The molecule has 0 spiro atoms. The van der Waals surface area contributed by atoms with Gasteiger partial charge in [0, 0.05) is 17.3 Å². The lowest BCUT2D eigenvalue weighted by Gasteiger charge is -2.24. The van der Waals surface area contributed by atoms with E-state index in [1.54, 1.807) is 30.2 Å². The number of halogens is 2. The van der Waals surface area contributed by atoms with Gasteiger partial charge in [-0.3, -0.25) is 9.59 Å². The average Bonchev–Trinajstić information content (AvgIpc) is 2.92. The van der Waals surface area contributed by atoms with Gasteiger partial charge in [-0.05, 0) is 65.6 Å². The highest BCUT2D eigenvalue weighted by molar-refractivity contribution is 6.37. The zero-order chi connectivity index (χ0) is 26.9. The van der Waals surface area contributed by atoms with Crippen molar-refractivity contribution in [1.82, 2.24) is 5.32 Å². The van der Waals surface area contributed by atoms with Crippen molar-refractivity contribution >= 4 is 40.7 Å². The number of hydrogen-bond donors (Lipinski definition) is 1. The normalized spacial score (nSPS) is 10.6. The Morgan fingerprint density at radius 3 is 2.26 bits per heavy atom. The molecule has 0 aliphatic rings. The standard InChI is InChI=1S/C31H28Cl2N2O3/c1-38-27-13-10-22(11-14-27)16-17-34-30(36)19-24-8-5-9-26(18-24)35(21-23-6-3-2-4-7-23)31(37)28-15-12-25(32)20-29(28)33/h2-15,18,20H,16-17,19,21H2,1H3,(H,34,36). The second-order valence-electron chi connectivity index (χ2n) is 8.80. The summed E-state index contributed by atoms with van der Waals surface area (Å²) in [6, 6.07) is 29.8. The third-order valence-electron chi connectivity index (χ3n) is 6.07. The first-order valence-corrected chi connectivity index (χ1v) is 13.0. The molecule has 0 saturated heterocycles. The predicted molar refractivity (Wildman–Crippen MR) is 153 cm³/mol. The smallest absolute Gasteiger partial charge is 0.260 e. The molecule has 0 aromatic heterocycles. The quantitative estimate of drug-likeness (QED) is 0.239. The lowest BCUT2D eigenvalue weighted by Crippen LogP contribution is -2.31. The van der Waals surface area contributed by atoms with Gasteiger partial charge in [0.05, 0.1) is 30.7 Å². The second-order valence-corrected chi connectivity index (χ2v) is 9.64. The molecule has 38 heavy (non-hydrogen) atoms. The van der Waals surface area contributed by atoms with Gasteiger partial charge in [-0.1, -0.05) is 77.8 Å². The summed E-state index contributed by atoms with van der Waals surface area (Å²) in [4.78, 5) is 28.0. The molecule has 0 unspecified atom stereocenters. The average molecular weight is 547 g/mol. The van der Waals surface area contributed by atoms with Crippen LogP contribution in [0, 0.1) is 0 Å². The van der Waals surface area contributed by atoms with Crippen LogP contribution in [0.1, 0.15) is 27.0 Å². The van der Waals surface area contributed by atoms with Crippen LogP contribution in [0.3, 0.4) is 0 Å². The Morgan fingerprint density at radius 1 is 0.816 bits per heavy atom. The summed E-state index contributed by atoms with van der Waals surface area (Å²) in [6.07, 6.45) is 0.919. The number of nitrogens with one attached hydrogen (secondary N) is 1. The Balaban J connectivity index is 1.47. The molecule has 2 amide bonds. The van der Waals surface area contributed by atoms with Crippen molar-refractivity contribution in [2.24, 2.45) is 0 Å². The van der Waals surface area contributed by atoms with Crippen LogP contribution in [0.25, 0.3) is 0 Å². The van der Waals surface area contributed by atoms with Crippen molar-refractivity contribution < 1.29 is 14.3 Å². The Kier molecular flexibility index (Phi) is 9.41. The van der Waals surface area contributed by atoms with Gasteiger partial charge in [0.15, 0.2) is 0 Å². The molecular formula is C31H28Cl2N2O3. The van der Waals surface area contributed by atoms with E-state index in [2.05, 4.69) is 5.32 Å². The van der Waals surface area contributed by atoms with Crippen LogP contribution in [0.15, 0.2) is 97.1 Å². The molecule has 0 radical (unpaired) electrons. The van der Waals surface area contributed by atoms with E-state index in [0.717, 1.165) is 28.9 Å². The van der Waals surface area contributed by atoms with Crippen LogP contribution in [-0.2, 0) is 24.2 Å².